The Labute approximate surface area is 118 Å². The van der Waals surface area contributed by atoms with Gasteiger partial charge in [0.1, 0.15) is 5.69 Å². The van der Waals surface area contributed by atoms with Crippen LogP contribution in [0, 0.1) is 6.92 Å². The third-order valence-electron chi connectivity index (χ3n) is 3.09. The smallest absolute Gasteiger partial charge is 0.273 e. The third kappa shape index (κ3) is 3.05. The molecule has 2 rings (SSSR count). The van der Waals surface area contributed by atoms with E-state index in [1.54, 1.807) is 41.9 Å². The monoisotopic (exact) mass is 273 g/mol. The summed E-state index contributed by atoms with van der Waals surface area (Å²) in [5.74, 6) is -0.183. The van der Waals surface area contributed by atoms with Crippen LogP contribution in [-0.2, 0) is 6.54 Å². The maximum absolute atomic E-state index is 12.2. The summed E-state index contributed by atoms with van der Waals surface area (Å²) in [7, 11) is 0. The first-order chi connectivity index (χ1) is 9.51. The summed E-state index contributed by atoms with van der Waals surface area (Å²) in [5.41, 5.74) is 2.88. The van der Waals surface area contributed by atoms with E-state index in [0.29, 0.717) is 17.9 Å². The van der Waals surface area contributed by atoms with Crippen LogP contribution in [0.1, 0.15) is 41.7 Å². The first-order valence-electron chi connectivity index (χ1n) is 6.65. The molecule has 1 unspecified atom stereocenters. The zero-order chi connectivity index (χ0) is 14.7. The molecular formula is C15H19N3O2. The molecule has 1 aromatic heterocycles. The zero-order valence-electron chi connectivity index (χ0n) is 11.9. The molecule has 0 aliphatic rings. The molecule has 0 aliphatic carbocycles. The fourth-order valence-corrected chi connectivity index (χ4v) is 2.01. The molecule has 106 valence electrons. The lowest BCUT2D eigenvalue weighted by Crippen LogP contribution is -2.17. The Morgan fingerprint density at radius 3 is 2.60 bits per heavy atom. The number of aliphatic hydroxyl groups excluding tert-OH is 1. The van der Waals surface area contributed by atoms with Crippen LogP contribution in [0.15, 0.2) is 30.3 Å². The van der Waals surface area contributed by atoms with Crippen LogP contribution >= 0.6 is 0 Å². The molecule has 2 N–H and O–H groups in total. The van der Waals surface area contributed by atoms with Crippen molar-refractivity contribution in [2.45, 2.75) is 33.4 Å². The van der Waals surface area contributed by atoms with Gasteiger partial charge in [-0.3, -0.25) is 9.48 Å². The fraction of sp³-hybridized carbons (Fsp3) is 0.333. The second-order valence-electron chi connectivity index (χ2n) is 4.74. The minimum atomic E-state index is -0.510. The van der Waals surface area contributed by atoms with Crippen molar-refractivity contribution in [1.82, 2.24) is 9.78 Å². The highest BCUT2D eigenvalue weighted by atomic mass is 16.3. The van der Waals surface area contributed by atoms with E-state index in [1.807, 2.05) is 13.8 Å². The number of rotatable bonds is 4. The maximum atomic E-state index is 12.2. The van der Waals surface area contributed by atoms with Crippen molar-refractivity contribution in [3.05, 3.63) is 47.3 Å². The van der Waals surface area contributed by atoms with E-state index in [-0.39, 0.29) is 5.91 Å². The molecule has 1 heterocycles. The lowest BCUT2D eigenvalue weighted by atomic mass is 10.1. The van der Waals surface area contributed by atoms with E-state index in [2.05, 4.69) is 10.4 Å². The highest BCUT2D eigenvalue weighted by Gasteiger charge is 2.13. The quantitative estimate of drug-likeness (QED) is 0.899. The van der Waals surface area contributed by atoms with Crippen LogP contribution in [0.25, 0.3) is 0 Å². The molecule has 1 amide bonds. The van der Waals surface area contributed by atoms with Gasteiger partial charge in [-0.2, -0.15) is 5.10 Å². The number of nitrogens with one attached hydrogen (secondary N) is 1. The molecule has 2 aromatic rings. The number of aryl methyl sites for hydroxylation is 2. The predicted octanol–water partition coefficient (Wildman–Crippen LogP) is 2.52. The van der Waals surface area contributed by atoms with Crippen molar-refractivity contribution in [2.75, 3.05) is 5.32 Å². The van der Waals surface area contributed by atoms with Gasteiger partial charge in [0.05, 0.1) is 11.8 Å². The van der Waals surface area contributed by atoms with Crippen LogP contribution < -0.4 is 5.32 Å². The van der Waals surface area contributed by atoms with E-state index >= 15 is 0 Å². The van der Waals surface area contributed by atoms with Crippen LogP contribution in [0.2, 0.25) is 0 Å². The van der Waals surface area contributed by atoms with Gasteiger partial charge in [0, 0.05) is 12.2 Å². The van der Waals surface area contributed by atoms with Gasteiger partial charge in [-0.05, 0) is 44.5 Å². The Morgan fingerprint density at radius 2 is 2.05 bits per heavy atom. The molecule has 20 heavy (non-hydrogen) atoms. The maximum Gasteiger partial charge on any atom is 0.273 e. The average Bonchev–Trinajstić information content (AvgIpc) is 2.80. The van der Waals surface area contributed by atoms with Crippen molar-refractivity contribution in [1.29, 1.82) is 0 Å². The van der Waals surface area contributed by atoms with Crippen LogP contribution in [-0.4, -0.2) is 20.8 Å². The minimum absolute atomic E-state index is 0.183. The van der Waals surface area contributed by atoms with E-state index in [0.717, 1.165) is 11.3 Å². The highest BCUT2D eigenvalue weighted by molar-refractivity contribution is 6.03. The van der Waals surface area contributed by atoms with Crippen LogP contribution in [0.3, 0.4) is 0 Å². The lowest BCUT2D eigenvalue weighted by Gasteiger charge is -2.08. The molecule has 0 spiro atoms. The number of aromatic nitrogens is 2. The summed E-state index contributed by atoms with van der Waals surface area (Å²) in [5, 5.41) is 16.5. The molecule has 5 nitrogen and oxygen atoms in total. The normalized spacial score (nSPS) is 12.2. The zero-order valence-corrected chi connectivity index (χ0v) is 11.9. The summed E-state index contributed by atoms with van der Waals surface area (Å²) in [6, 6.07) is 8.91. The third-order valence-corrected chi connectivity index (χ3v) is 3.09. The summed E-state index contributed by atoms with van der Waals surface area (Å²) in [6.07, 6.45) is -0.510. The molecule has 0 bridgehead atoms. The van der Waals surface area contributed by atoms with Crippen LogP contribution in [0.5, 0.6) is 0 Å². The number of carbonyl (C=O) groups is 1. The number of amides is 1. The van der Waals surface area contributed by atoms with E-state index in [4.69, 9.17) is 0 Å². The largest absolute Gasteiger partial charge is 0.389 e. The van der Waals surface area contributed by atoms with Gasteiger partial charge in [0.2, 0.25) is 0 Å². The predicted molar refractivity (Wildman–Crippen MR) is 77.7 cm³/mol. The lowest BCUT2D eigenvalue weighted by molar-refractivity contribution is 0.101. The molecule has 5 heteroatoms. The van der Waals surface area contributed by atoms with E-state index < -0.39 is 6.10 Å². The Kier molecular flexibility index (Phi) is 4.20. The standard InChI is InChI=1S/C15H19N3O2/c1-4-18-14(9-10(2)17-18)15(20)16-13-7-5-12(6-8-13)11(3)19/h5-9,11,19H,4H2,1-3H3,(H,16,20). The highest BCUT2D eigenvalue weighted by Crippen LogP contribution is 2.16. The molecule has 1 aromatic carbocycles. The fourth-order valence-electron chi connectivity index (χ4n) is 2.01. The Bertz CT molecular complexity index is 600. The topological polar surface area (TPSA) is 67.2 Å². The van der Waals surface area contributed by atoms with Crippen molar-refractivity contribution in [3.8, 4) is 0 Å². The molecule has 0 saturated carbocycles. The van der Waals surface area contributed by atoms with Crippen molar-refractivity contribution in [2.24, 2.45) is 0 Å². The number of anilines is 1. The second-order valence-corrected chi connectivity index (χ2v) is 4.74. The Morgan fingerprint density at radius 1 is 1.40 bits per heavy atom. The van der Waals surface area contributed by atoms with Crippen LogP contribution in [0.4, 0.5) is 5.69 Å². The number of hydrogen-bond donors (Lipinski definition) is 2. The van der Waals surface area contributed by atoms with Crippen molar-refractivity contribution < 1.29 is 9.90 Å². The van der Waals surface area contributed by atoms with Crippen molar-refractivity contribution >= 4 is 11.6 Å². The molecule has 0 saturated heterocycles. The summed E-state index contributed by atoms with van der Waals surface area (Å²) in [6.45, 7) is 6.16. The molecule has 0 aliphatic heterocycles. The average molecular weight is 273 g/mol. The molecule has 1 atom stereocenters. The molecular weight excluding hydrogens is 254 g/mol. The Balaban J connectivity index is 2.14. The number of carbonyl (C=O) groups excluding carboxylic acids is 1. The van der Waals surface area contributed by atoms with E-state index in [9.17, 15) is 9.90 Å². The van der Waals surface area contributed by atoms with Gasteiger partial charge in [-0.15, -0.1) is 0 Å². The number of aliphatic hydroxyl groups is 1. The Hall–Kier alpha value is -2.14. The van der Waals surface area contributed by atoms with Gasteiger partial charge < -0.3 is 10.4 Å². The number of hydrogen-bond acceptors (Lipinski definition) is 3. The minimum Gasteiger partial charge on any atom is -0.389 e. The first kappa shape index (κ1) is 14.3. The van der Waals surface area contributed by atoms with E-state index in [1.165, 1.54) is 0 Å². The van der Waals surface area contributed by atoms with Crippen molar-refractivity contribution in [3.63, 3.8) is 0 Å². The van der Waals surface area contributed by atoms with Gasteiger partial charge in [0.25, 0.3) is 5.91 Å². The summed E-state index contributed by atoms with van der Waals surface area (Å²) >= 11 is 0. The van der Waals surface area contributed by atoms with Gasteiger partial charge in [-0.1, -0.05) is 12.1 Å². The van der Waals surface area contributed by atoms with Gasteiger partial charge in [0.15, 0.2) is 0 Å². The van der Waals surface area contributed by atoms with Gasteiger partial charge >= 0.3 is 0 Å². The molecule has 0 fully saturated rings. The second kappa shape index (κ2) is 5.88. The van der Waals surface area contributed by atoms with Gasteiger partial charge in [-0.25, -0.2) is 0 Å². The SMILES string of the molecule is CCn1nc(C)cc1C(=O)Nc1ccc(C(C)O)cc1. The first-order valence-corrected chi connectivity index (χ1v) is 6.65. The summed E-state index contributed by atoms with van der Waals surface area (Å²) in [4.78, 5) is 12.2. The number of nitrogens with zero attached hydrogens (tertiary/aromatic N) is 2. The summed E-state index contributed by atoms with van der Waals surface area (Å²) < 4.78 is 1.68. The molecule has 0 radical (unpaired) electrons. The number of benzene rings is 1.